The minimum Gasteiger partial charge on any atom is -0.481 e. The Balaban J connectivity index is 2.66. The maximum absolute atomic E-state index is 12.0. The molecular weight excluding hydrogens is 254 g/mol. The average Bonchev–Trinajstić information content (AvgIpc) is 2.29. The van der Waals surface area contributed by atoms with Crippen LogP contribution in [0.4, 0.5) is 0 Å². The Bertz CT molecular complexity index is 471. The van der Waals surface area contributed by atoms with E-state index in [9.17, 15) is 9.59 Å². The van der Waals surface area contributed by atoms with E-state index in [1.807, 2.05) is 52.0 Å². The molecule has 1 atom stereocenters. The zero-order valence-electron chi connectivity index (χ0n) is 12.6. The highest BCUT2D eigenvalue weighted by Gasteiger charge is 2.28. The smallest absolute Gasteiger partial charge is 0.305 e. The van der Waals surface area contributed by atoms with Crippen LogP contribution < -0.4 is 5.32 Å². The van der Waals surface area contributed by atoms with Crippen LogP contribution in [-0.2, 0) is 16.0 Å². The lowest BCUT2D eigenvalue weighted by atomic mass is 9.84. The van der Waals surface area contributed by atoms with Gasteiger partial charge in [0.05, 0.1) is 12.8 Å². The summed E-state index contributed by atoms with van der Waals surface area (Å²) in [5.41, 5.74) is 1.78. The predicted molar refractivity (Wildman–Crippen MR) is 78.5 cm³/mol. The van der Waals surface area contributed by atoms with E-state index in [2.05, 4.69) is 5.32 Å². The molecule has 1 amide bonds. The molecule has 2 N–H and O–H groups in total. The molecule has 4 nitrogen and oxygen atoms in total. The van der Waals surface area contributed by atoms with Gasteiger partial charge in [0.2, 0.25) is 5.91 Å². The number of aliphatic carboxylic acids is 1. The fourth-order valence-corrected chi connectivity index (χ4v) is 1.89. The number of amides is 1. The number of carboxylic acid groups (broad SMARTS) is 1. The van der Waals surface area contributed by atoms with E-state index in [1.54, 1.807) is 0 Å². The van der Waals surface area contributed by atoms with Gasteiger partial charge in [-0.2, -0.15) is 0 Å². The normalized spacial score (nSPS) is 12.8. The van der Waals surface area contributed by atoms with Crippen LogP contribution in [-0.4, -0.2) is 23.0 Å². The van der Waals surface area contributed by atoms with E-state index >= 15 is 0 Å². The molecule has 0 fully saturated rings. The van der Waals surface area contributed by atoms with Crippen LogP contribution in [0, 0.1) is 12.3 Å². The van der Waals surface area contributed by atoms with Crippen LogP contribution in [0.2, 0.25) is 0 Å². The van der Waals surface area contributed by atoms with Crippen LogP contribution in [0.1, 0.15) is 38.3 Å². The minimum absolute atomic E-state index is 0.0663. The first-order chi connectivity index (χ1) is 9.18. The number of benzene rings is 1. The third-order valence-electron chi connectivity index (χ3n) is 3.24. The molecular formula is C16H23NO3. The maximum atomic E-state index is 12.0. The van der Waals surface area contributed by atoms with E-state index in [-0.39, 0.29) is 30.2 Å². The molecule has 1 aromatic carbocycles. The van der Waals surface area contributed by atoms with Crippen molar-refractivity contribution in [3.63, 3.8) is 0 Å². The van der Waals surface area contributed by atoms with Gasteiger partial charge in [0.25, 0.3) is 0 Å². The van der Waals surface area contributed by atoms with Gasteiger partial charge in [0.15, 0.2) is 0 Å². The highest BCUT2D eigenvalue weighted by atomic mass is 16.4. The van der Waals surface area contributed by atoms with Gasteiger partial charge in [-0.3, -0.25) is 9.59 Å². The topological polar surface area (TPSA) is 66.4 Å². The van der Waals surface area contributed by atoms with Crippen LogP contribution in [0.5, 0.6) is 0 Å². The van der Waals surface area contributed by atoms with Gasteiger partial charge < -0.3 is 10.4 Å². The summed E-state index contributed by atoms with van der Waals surface area (Å²) in [4.78, 5) is 22.9. The number of hydrogen-bond donors (Lipinski definition) is 2. The molecule has 0 radical (unpaired) electrons. The van der Waals surface area contributed by atoms with Gasteiger partial charge in [-0.05, 0) is 17.9 Å². The minimum atomic E-state index is -0.902. The zero-order valence-corrected chi connectivity index (χ0v) is 12.6. The molecule has 0 aliphatic rings. The van der Waals surface area contributed by atoms with Gasteiger partial charge in [-0.25, -0.2) is 0 Å². The fraction of sp³-hybridized carbons (Fsp3) is 0.500. The van der Waals surface area contributed by atoms with E-state index in [0.717, 1.165) is 11.1 Å². The summed E-state index contributed by atoms with van der Waals surface area (Å²) in [7, 11) is 0. The van der Waals surface area contributed by atoms with Crippen molar-refractivity contribution in [2.45, 2.75) is 46.6 Å². The average molecular weight is 277 g/mol. The summed E-state index contributed by atoms with van der Waals surface area (Å²) in [6.07, 6.45) is 0.204. The van der Waals surface area contributed by atoms with Gasteiger partial charge in [-0.15, -0.1) is 0 Å². The Morgan fingerprint density at radius 2 is 1.75 bits per heavy atom. The molecule has 0 saturated carbocycles. The van der Waals surface area contributed by atoms with E-state index in [0.29, 0.717) is 0 Å². The summed E-state index contributed by atoms with van der Waals surface area (Å²) < 4.78 is 0. The lowest BCUT2D eigenvalue weighted by Crippen LogP contribution is -2.45. The zero-order chi connectivity index (χ0) is 15.3. The van der Waals surface area contributed by atoms with E-state index < -0.39 is 5.97 Å². The quantitative estimate of drug-likeness (QED) is 0.869. The second-order valence-corrected chi connectivity index (χ2v) is 6.25. The molecule has 0 saturated heterocycles. The van der Waals surface area contributed by atoms with E-state index in [1.165, 1.54) is 0 Å². The SMILES string of the molecule is Cc1ccc(CC(=O)NC(CC(=O)O)C(C)(C)C)cc1. The maximum Gasteiger partial charge on any atom is 0.305 e. The van der Waals surface area contributed by atoms with Crippen molar-refractivity contribution in [3.05, 3.63) is 35.4 Å². The van der Waals surface area contributed by atoms with Crippen molar-refractivity contribution in [2.75, 3.05) is 0 Å². The van der Waals surface area contributed by atoms with Crippen LogP contribution in [0.15, 0.2) is 24.3 Å². The van der Waals surface area contributed by atoms with Crippen LogP contribution in [0.25, 0.3) is 0 Å². The third-order valence-corrected chi connectivity index (χ3v) is 3.24. The highest BCUT2D eigenvalue weighted by Crippen LogP contribution is 2.22. The molecule has 0 heterocycles. The number of carbonyl (C=O) groups is 2. The molecule has 0 spiro atoms. The van der Waals surface area contributed by atoms with Gasteiger partial charge in [0.1, 0.15) is 0 Å². The number of hydrogen-bond acceptors (Lipinski definition) is 2. The predicted octanol–water partition coefficient (Wildman–Crippen LogP) is 2.54. The van der Waals surface area contributed by atoms with Gasteiger partial charge in [0, 0.05) is 6.04 Å². The first-order valence-electron chi connectivity index (χ1n) is 6.75. The van der Waals surface area contributed by atoms with Crippen molar-refractivity contribution in [1.82, 2.24) is 5.32 Å². The van der Waals surface area contributed by atoms with Crippen molar-refractivity contribution in [3.8, 4) is 0 Å². The number of aryl methyl sites for hydroxylation is 1. The molecule has 0 aliphatic carbocycles. The first-order valence-corrected chi connectivity index (χ1v) is 6.75. The van der Waals surface area contributed by atoms with Crippen molar-refractivity contribution < 1.29 is 14.7 Å². The largest absolute Gasteiger partial charge is 0.481 e. The molecule has 1 rings (SSSR count). The third kappa shape index (κ3) is 5.43. The van der Waals surface area contributed by atoms with E-state index in [4.69, 9.17) is 5.11 Å². The molecule has 1 unspecified atom stereocenters. The van der Waals surface area contributed by atoms with Crippen molar-refractivity contribution in [1.29, 1.82) is 0 Å². The number of nitrogens with one attached hydrogen (secondary N) is 1. The van der Waals surface area contributed by atoms with Crippen molar-refractivity contribution >= 4 is 11.9 Å². The molecule has 1 aromatic rings. The Kier molecular flexibility index (Phi) is 5.31. The number of rotatable bonds is 5. The van der Waals surface area contributed by atoms with Crippen LogP contribution >= 0.6 is 0 Å². The lowest BCUT2D eigenvalue weighted by Gasteiger charge is -2.30. The summed E-state index contributed by atoms with van der Waals surface area (Å²) in [6, 6.07) is 7.37. The van der Waals surface area contributed by atoms with Crippen molar-refractivity contribution in [2.24, 2.45) is 5.41 Å². The Morgan fingerprint density at radius 1 is 1.20 bits per heavy atom. The fourth-order valence-electron chi connectivity index (χ4n) is 1.89. The number of carbonyl (C=O) groups excluding carboxylic acids is 1. The highest BCUT2D eigenvalue weighted by molar-refractivity contribution is 5.79. The molecule has 0 aliphatic heterocycles. The summed E-state index contributed by atoms with van der Waals surface area (Å²) in [5, 5.41) is 11.8. The second kappa shape index (κ2) is 6.55. The van der Waals surface area contributed by atoms with Gasteiger partial charge >= 0.3 is 5.97 Å². The summed E-state index contributed by atoms with van der Waals surface area (Å²) in [5.74, 6) is -1.05. The molecule has 4 heteroatoms. The standard InChI is InChI=1S/C16H23NO3/c1-11-5-7-12(8-6-11)9-14(18)17-13(10-15(19)20)16(2,3)4/h5-8,13H,9-10H2,1-4H3,(H,17,18)(H,19,20). The molecule has 20 heavy (non-hydrogen) atoms. The van der Waals surface area contributed by atoms with Gasteiger partial charge in [-0.1, -0.05) is 50.6 Å². The molecule has 0 aromatic heterocycles. The number of carboxylic acids is 1. The summed E-state index contributed by atoms with van der Waals surface area (Å²) in [6.45, 7) is 7.76. The Hall–Kier alpha value is -1.84. The first kappa shape index (κ1) is 16.2. The lowest BCUT2D eigenvalue weighted by molar-refractivity contribution is -0.138. The summed E-state index contributed by atoms with van der Waals surface area (Å²) >= 11 is 0. The Morgan fingerprint density at radius 3 is 2.20 bits per heavy atom. The van der Waals surface area contributed by atoms with Crippen LogP contribution in [0.3, 0.4) is 0 Å². The second-order valence-electron chi connectivity index (χ2n) is 6.25. The molecule has 0 bridgehead atoms. The Labute approximate surface area is 120 Å². The monoisotopic (exact) mass is 277 g/mol. The molecule has 110 valence electrons.